The fraction of sp³-hybridized carbons (Fsp3) is 0.579. The molecule has 1 saturated heterocycles. The number of nitrogens with two attached hydrogens (primary N) is 1. The fourth-order valence-corrected chi connectivity index (χ4v) is 5.61. The molecule has 1 spiro atoms. The van der Waals surface area contributed by atoms with Gasteiger partial charge in [-0.2, -0.15) is 0 Å². The molecule has 0 amide bonds. The van der Waals surface area contributed by atoms with Crippen molar-refractivity contribution in [2.45, 2.75) is 60.8 Å². The lowest BCUT2D eigenvalue weighted by Crippen LogP contribution is -2.62. The number of carbonyl (C=O) groups excluding carboxylic acids is 1. The Labute approximate surface area is 157 Å². The maximum Gasteiger partial charge on any atom is 0.339 e. The van der Waals surface area contributed by atoms with Crippen LogP contribution in [0, 0.1) is 0 Å². The molecule has 2 fully saturated rings. The van der Waals surface area contributed by atoms with Gasteiger partial charge >= 0.3 is 11.9 Å². The Balaban J connectivity index is 1.78. The lowest BCUT2D eigenvalue weighted by Gasteiger charge is -2.32. The number of hydrogen-bond acceptors (Lipinski definition) is 6. The van der Waals surface area contributed by atoms with Crippen LogP contribution in [0.4, 0.5) is 0 Å². The zero-order valence-corrected chi connectivity index (χ0v) is 15.6. The second-order valence-electron chi connectivity index (χ2n) is 7.17. The molecule has 2 unspecified atom stereocenters. The number of ether oxygens (including phenoxy) is 1. The molecule has 4 N–H and O–H groups in total. The number of esters is 1. The van der Waals surface area contributed by atoms with E-state index in [4.69, 9.17) is 10.5 Å². The molecular weight excluding hydrogens is 352 g/mol. The van der Waals surface area contributed by atoms with Crippen molar-refractivity contribution in [2.75, 3.05) is 6.54 Å². The van der Waals surface area contributed by atoms with Crippen LogP contribution < -0.4 is 11.1 Å². The molecule has 2 atom stereocenters. The third kappa shape index (κ3) is 3.89. The molecule has 3 rings (SSSR count). The predicted octanol–water partition coefficient (Wildman–Crippen LogP) is 2.27. The van der Waals surface area contributed by atoms with Crippen LogP contribution in [0.3, 0.4) is 0 Å². The van der Waals surface area contributed by atoms with Crippen molar-refractivity contribution in [3.63, 3.8) is 0 Å². The minimum atomic E-state index is -1.44. The average Bonchev–Trinajstić information content (AvgIpc) is 2.88. The zero-order chi connectivity index (χ0) is 18.6. The molecule has 1 saturated carbocycles. The van der Waals surface area contributed by atoms with Crippen molar-refractivity contribution >= 4 is 23.7 Å². The number of benzene rings is 1. The van der Waals surface area contributed by atoms with Gasteiger partial charge in [-0.1, -0.05) is 56.0 Å². The highest BCUT2D eigenvalue weighted by atomic mass is 32.2. The van der Waals surface area contributed by atoms with Crippen LogP contribution in [0.25, 0.3) is 0 Å². The summed E-state index contributed by atoms with van der Waals surface area (Å²) in [4.78, 5) is 23.1. The van der Waals surface area contributed by atoms with E-state index in [1.54, 1.807) is 0 Å². The third-order valence-electron chi connectivity index (χ3n) is 5.29. The van der Waals surface area contributed by atoms with E-state index in [0.29, 0.717) is 6.54 Å². The second kappa shape index (κ2) is 7.98. The summed E-state index contributed by atoms with van der Waals surface area (Å²) in [6, 6.07) is 7.98. The Bertz CT molecular complexity index is 646. The van der Waals surface area contributed by atoms with E-state index < -0.39 is 22.9 Å². The van der Waals surface area contributed by atoms with Gasteiger partial charge in [0.05, 0.1) is 0 Å². The van der Waals surface area contributed by atoms with Crippen LogP contribution in [-0.4, -0.2) is 39.2 Å². The summed E-state index contributed by atoms with van der Waals surface area (Å²) in [5.41, 5.74) is 6.83. The van der Waals surface area contributed by atoms with Gasteiger partial charge in [0.15, 0.2) is 4.87 Å². The SMILES string of the molecule is NC(C(=O)O)C1(C(=O)OCc2ccccc2)NCC2(CCCCCC2)S1. The molecule has 0 bridgehead atoms. The Kier molecular flexibility index (Phi) is 5.89. The smallest absolute Gasteiger partial charge is 0.339 e. The maximum atomic E-state index is 12.9. The van der Waals surface area contributed by atoms with Crippen LogP contribution >= 0.6 is 11.8 Å². The van der Waals surface area contributed by atoms with E-state index in [1.165, 1.54) is 24.6 Å². The van der Waals surface area contributed by atoms with Gasteiger partial charge in [-0.05, 0) is 18.4 Å². The van der Waals surface area contributed by atoms with Crippen molar-refractivity contribution in [1.29, 1.82) is 0 Å². The monoisotopic (exact) mass is 378 g/mol. The molecule has 1 aliphatic heterocycles. The number of nitrogens with one attached hydrogen (secondary N) is 1. The number of carbonyl (C=O) groups is 2. The minimum absolute atomic E-state index is 0.100. The Morgan fingerprint density at radius 1 is 1.19 bits per heavy atom. The van der Waals surface area contributed by atoms with E-state index in [-0.39, 0.29) is 11.4 Å². The normalized spacial score (nSPS) is 26.2. The summed E-state index contributed by atoms with van der Waals surface area (Å²) >= 11 is 1.38. The molecule has 6 nitrogen and oxygen atoms in total. The molecule has 2 aliphatic rings. The summed E-state index contributed by atoms with van der Waals surface area (Å²) in [6.07, 6.45) is 6.46. The van der Waals surface area contributed by atoms with Crippen molar-refractivity contribution in [3.8, 4) is 0 Å². The quantitative estimate of drug-likeness (QED) is 0.676. The molecule has 1 aromatic rings. The van der Waals surface area contributed by atoms with Gasteiger partial charge in [-0.3, -0.25) is 10.1 Å². The summed E-state index contributed by atoms with van der Waals surface area (Å²) in [5.74, 6) is -1.80. The highest BCUT2D eigenvalue weighted by Gasteiger charge is 2.59. The Morgan fingerprint density at radius 3 is 2.46 bits per heavy atom. The number of rotatable bonds is 5. The van der Waals surface area contributed by atoms with Crippen LogP contribution in [-0.2, 0) is 20.9 Å². The number of carboxylic acid groups (broad SMARTS) is 1. The van der Waals surface area contributed by atoms with Crippen molar-refractivity contribution in [1.82, 2.24) is 5.32 Å². The Morgan fingerprint density at radius 2 is 1.85 bits per heavy atom. The van der Waals surface area contributed by atoms with Gasteiger partial charge in [-0.15, -0.1) is 11.8 Å². The molecule has 0 radical (unpaired) electrons. The number of carboxylic acids is 1. The summed E-state index contributed by atoms with van der Waals surface area (Å²) in [5, 5.41) is 12.7. The van der Waals surface area contributed by atoms with Crippen LogP contribution in [0.15, 0.2) is 30.3 Å². The molecule has 1 aromatic carbocycles. The van der Waals surface area contributed by atoms with E-state index in [0.717, 1.165) is 31.2 Å². The molecule has 142 valence electrons. The fourth-order valence-electron chi connectivity index (χ4n) is 3.78. The van der Waals surface area contributed by atoms with E-state index in [1.807, 2.05) is 30.3 Å². The van der Waals surface area contributed by atoms with Gasteiger partial charge in [0.25, 0.3) is 0 Å². The molecule has 0 aromatic heterocycles. The van der Waals surface area contributed by atoms with E-state index >= 15 is 0 Å². The number of aliphatic carboxylic acids is 1. The van der Waals surface area contributed by atoms with Gasteiger partial charge in [0.1, 0.15) is 12.6 Å². The molecule has 1 aliphatic carbocycles. The lowest BCUT2D eigenvalue weighted by atomic mass is 9.98. The van der Waals surface area contributed by atoms with Crippen LogP contribution in [0.2, 0.25) is 0 Å². The van der Waals surface area contributed by atoms with E-state index in [2.05, 4.69) is 5.32 Å². The average molecular weight is 378 g/mol. The van der Waals surface area contributed by atoms with E-state index in [9.17, 15) is 14.7 Å². The second-order valence-corrected chi connectivity index (χ2v) is 8.88. The topological polar surface area (TPSA) is 102 Å². The van der Waals surface area contributed by atoms with Crippen molar-refractivity contribution in [3.05, 3.63) is 35.9 Å². The number of thioether (sulfide) groups is 1. The first-order valence-electron chi connectivity index (χ1n) is 9.12. The summed E-state index contributed by atoms with van der Waals surface area (Å²) in [6.45, 7) is 0.683. The maximum absolute atomic E-state index is 12.9. The van der Waals surface area contributed by atoms with Gasteiger partial charge in [-0.25, -0.2) is 4.79 Å². The first-order chi connectivity index (χ1) is 12.5. The molecule has 7 heteroatoms. The first kappa shape index (κ1) is 19.2. The highest BCUT2D eigenvalue weighted by Crippen LogP contribution is 2.50. The van der Waals surface area contributed by atoms with Crippen LogP contribution in [0.1, 0.15) is 44.1 Å². The Hall–Kier alpha value is -1.57. The third-order valence-corrected chi connectivity index (χ3v) is 7.16. The van der Waals surface area contributed by atoms with Gasteiger partial charge in [0.2, 0.25) is 0 Å². The molecular formula is C19H26N2O4S. The largest absolute Gasteiger partial charge is 0.480 e. The number of hydrogen-bond donors (Lipinski definition) is 3. The highest BCUT2D eigenvalue weighted by molar-refractivity contribution is 8.03. The lowest BCUT2D eigenvalue weighted by molar-refractivity contribution is -0.154. The summed E-state index contributed by atoms with van der Waals surface area (Å²) in [7, 11) is 0. The summed E-state index contributed by atoms with van der Waals surface area (Å²) < 4.78 is 5.34. The van der Waals surface area contributed by atoms with Gasteiger partial charge in [0, 0.05) is 11.3 Å². The van der Waals surface area contributed by atoms with Gasteiger partial charge < -0.3 is 15.6 Å². The van der Waals surface area contributed by atoms with Crippen molar-refractivity contribution < 1.29 is 19.4 Å². The first-order valence-corrected chi connectivity index (χ1v) is 9.94. The molecule has 1 heterocycles. The molecule has 26 heavy (non-hydrogen) atoms. The zero-order valence-electron chi connectivity index (χ0n) is 14.8. The van der Waals surface area contributed by atoms with Crippen molar-refractivity contribution in [2.24, 2.45) is 5.73 Å². The minimum Gasteiger partial charge on any atom is -0.480 e. The predicted molar refractivity (Wildman–Crippen MR) is 101 cm³/mol. The standard InChI is InChI=1S/C19H26N2O4S/c20-15(16(22)23)19(17(24)25-12-14-8-4-3-5-9-14)21-13-18(26-19)10-6-1-2-7-11-18/h3-5,8-9,15,21H,1-2,6-7,10-13,20H2,(H,22,23). The van der Waals surface area contributed by atoms with Crippen LogP contribution in [0.5, 0.6) is 0 Å².